The van der Waals surface area contributed by atoms with Crippen molar-refractivity contribution in [2.24, 2.45) is 26.1 Å². The summed E-state index contributed by atoms with van der Waals surface area (Å²) in [7, 11) is -8.63. The highest BCUT2D eigenvalue weighted by Gasteiger charge is 2.32. The monoisotopic (exact) mass is 463 g/mol. The molecule has 0 fully saturated rings. The Morgan fingerprint density at radius 1 is 1.06 bits per heavy atom. The van der Waals surface area contributed by atoms with Gasteiger partial charge in [0.25, 0.3) is 6.01 Å². The Bertz CT molecular complexity index is 1470. The molecule has 2 heterocycles. The minimum absolute atomic E-state index is 0.0419. The van der Waals surface area contributed by atoms with Crippen molar-refractivity contribution in [2.75, 3.05) is 24.7 Å². The lowest BCUT2D eigenvalue weighted by molar-refractivity contribution is 0.583. The molecule has 6 N–H and O–H groups in total. The van der Waals surface area contributed by atoms with Crippen LogP contribution in [0.25, 0.3) is 22.2 Å². The van der Waals surface area contributed by atoms with E-state index < -0.39 is 35.4 Å². The van der Waals surface area contributed by atoms with Gasteiger partial charge in [-0.3, -0.25) is 0 Å². The molecule has 1 aliphatic heterocycles. The SMILES string of the molecule is NCCS(=O)(=O)c1ccc(-c2cccc3oc(N)nc23)c(C2=NCN=N2)c1S(N)(=O)=O. The van der Waals surface area contributed by atoms with E-state index in [4.69, 9.17) is 21.0 Å². The van der Waals surface area contributed by atoms with Crippen LogP contribution in [0, 0.1) is 0 Å². The van der Waals surface area contributed by atoms with E-state index in [9.17, 15) is 16.8 Å². The van der Waals surface area contributed by atoms with E-state index in [2.05, 4.69) is 20.2 Å². The number of aromatic nitrogens is 1. The summed E-state index contributed by atoms with van der Waals surface area (Å²) >= 11 is 0. The molecule has 0 unspecified atom stereocenters. The number of hydrogen-bond acceptors (Lipinski definition) is 11. The number of nitrogens with two attached hydrogens (primary N) is 3. The summed E-state index contributed by atoms with van der Waals surface area (Å²) in [5.74, 6) is -0.546. The first-order valence-electron chi connectivity index (χ1n) is 8.84. The first-order valence-corrected chi connectivity index (χ1v) is 12.0. The van der Waals surface area contributed by atoms with Gasteiger partial charge in [-0.1, -0.05) is 18.2 Å². The molecule has 12 nitrogen and oxygen atoms in total. The second kappa shape index (κ2) is 7.49. The van der Waals surface area contributed by atoms with Gasteiger partial charge in [0.15, 0.2) is 27.9 Å². The van der Waals surface area contributed by atoms with Crippen molar-refractivity contribution in [3.63, 3.8) is 0 Å². The summed E-state index contributed by atoms with van der Waals surface area (Å²) in [6.45, 7) is -0.249. The topological polar surface area (TPSA) is 209 Å². The zero-order valence-electron chi connectivity index (χ0n) is 15.9. The molecule has 0 saturated carbocycles. The fourth-order valence-corrected chi connectivity index (χ4v) is 6.10. The van der Waals surface area contributed by atoms with Gasteiger partial charge in [0, 0.05) is 12.1 Å². The zero-order valence-corrected chi connectivity index (χ0v) is 17.5. The van der Waals surface area contributed by atoms with E-state index >= 15 is 0 Å². The van der Waals surface area contributed by atoms with E-state index in [0.29, 0.717) is 16.7 Å². The van der Waals surface area contributed by atoms with Crippen molar-refractivity contribution >= 4 is 42.8 Å². The maximum Gasteiger partial charge on any atom is 0.293 e. The number of benzene rings is 2. The normalized spacial score (nSPS) is 14.3. The molecule has 14 heteroatoms. The summed E-state index contributed by atoms with van der Waals surface area (Å²) in [6, 6.07) is 7.45. The predicted octanol–water partition coefficient (Wildman–Crippen LogP) is 0.627. The molecule has 4 rings (SSSR count). The van der Waals surface area contributed by atoms with Crippen LogP contribution in [0.4, 0.5) is 6.01 Å². The number of azo groups is 1. The molecule has 31 heavy (non-hydrogen) atoms. The van der Waals surface area contributed by atoms with Crippen molar-refractivity contribution in [3.05, 3.63) is 35.9 Å². The maximum atomic E-state index is 12.8. The number of primary sulfonamides is 1. The van der Waals surface area contributed by atoms with Crippen LogP contribution in [-0.4, -0.2) is 46.6 Å². The van der Waals surface area contributed by atoms with Crippen LogP contribution in [0.1, 0.15) is 5.56 Å². The lowest BCUT2D eigenvalue weighted by atomic mass is 9.97. The Morgan fingerprint density at radius 2 is 1.84 bits per heavy atom. The quantitative estimate of drug-likeness (QED) is 0.470. The molecule has 3 aromatic rings. The van der Waals surface area contributed by atoms with Crippen LogP contribution in [0.5, 0.6) is 0 Å². The third kappa shape index (κ3) is 3.69. The van der Waals surface area contributed by atoms with E-state index in [-0.39, 0.29) is 36.2 Å². The minimum atomic E-state index is -4.55. The van der Waals surface area contributed by atoms with Gasteiger partial charge in [0.1, 0.15) is 10.4 Å². The second-order valence-electron chi connectivity index (χ2n) is 6.54. The van der Waals surface area contributed by atoms with Gasteiger partial charge >= 0.3 is 0 Å². The van der Waals surface area contributed by atoms with Crippen LogP contribution >= 0.6 is 0 Å². The minimum Gasteiger partial charge on any atom is -0.424 e. The van der Waals surface area contributed by atoms with Gasteiger partial charge in [0.2, 0.25) is 10.0 Å². The van der Waals surface area contributed by atoms with E-state index in [1.807, 2.05) is 0 Å². The van der Waals surface area contributed by atoms with Crippen LogP contribution in [-0.2, 0) is 19.9 Å². The average Bonchev–Trinajstić information content (AvgIpc) is 3.34. The van der Waals surface area contributed by atoms with Gasteiger partial charge in [-0.05, 0) is 17.7 Å². The fourth-order valence-electron chi connectivity index (χ4n) is 3.34. The van der Waals surface area contributed by atoms with Gasteiger partial charge in [-0.2, -0.15) is 10.1 Å². The number of sulfonamides is 1. The number of anilines is 1. The number of nitrogens with zero attached hydrogens (tertiary/aromatic N) is 4. The lowest BCUT2D eigenvalue weighted by Gasteiger charge is -2.17. The second-order valence-corrected chi connectivity index (χ2v) is 10.1. The largest absolute Gasteiger partial charge is 0.424 e. The molecule has 0 saturated heterocycles. The van der Waals surface area contributed by atoms with E-state index in [0.717, 1.165) is 0 Å². The van der Waals surface area contributed by atoms with Gasteiger partial charge in [-0.25, -0.2) is 27.0 Å². The summed E-state index contributed by atoms with van der Waals surface area (Å²) in [5, 5.41) is 13.1. The summed E-state index contributed by atoms with van der Waals surface area (Å²) in [5.41, 5.74) is 12.4. The number of nitrogen functional groups attached to an aromatic ring is 1. The molecular formula is C17H17N7O5S2. The first kappa shape index (κ1) is 21.0. The van der Waals surface area contributed by atoms with E-state index in [1.165, 1.54) is 12.1 Å². The number of fused-ring (bicyclic) bond motifs is 1. The Labute approximate surface area is 176 Å². The average molecular weight is 464 g/mol. The number of oxazole rings is 1. The standard InChI is InChI=1S/C17H17N7O5S2/c18-6-7-30(25,26)12-5-4-9(10-2-1-3-11-14(10)23-17(19)29-11)13(15(12)31(20,27)28)16-21-8-22-24-16/h1-5H,6-8,18H2,(H2,19,23)(H2,20,27,28). The van der Waals surface area contributed by atoms with Crippen LogP contribution in [0.2, 0.25) is 0 Å². The smallest absolute Gasteiger partial charge is 0.293 e. The molecule has 0 amide bonds. The molecule has 2 aromatic carbocycles. The predicted molar refractivity (Wildman–Crippen MR) is 113 cm³/mol. The Balaban J connectivity index is 2.16. The Morgan fingerprint density at radius 3 is 2.48 bits per heavy atom. The van der Waals surface area contributed by atoms with Crippen molar-refractivity contribution in [1.29, 1.82) is 0 Å². The Kier molecular flexibility index (Phi) is 5.09. The molecule has 0 atom stereocenters. The van der Waals surface area contributed by atoms with Gasteiger partial charge in [-0.15, -0.1) is 5.11 Å². The van der Waals surface area contributed by atoms with Crippen molar-refractivity contribution in [3.8, 4) is 11.1 Å². The van der Waals surface area contributed by atoms with Gasteiger partial charge in [0.05, 0.1) is 16.2 Å². The number of amidine groups is 1. The molecule has 0 spiro atoms. The fraction of sp³-hybridized carbons (Fsp3) is 0.176. The van der Waals surface area contributed by atoms with E-state index in [1.54, 1.807) is 18.2 Å². The lowest BCUT2D eigenvalue weighted by Crippen LogP contribution is -2.24. The van der Waals surface area contributed by atoms with Crippen LogP contribution < -0.4 is 16.6 Å². The number of para-hydroxylation sites is 1. The third-order valence-electron chi connectivity index (χ3n) is 4.53. The van der Waals surface area contributed by atoms with Crippen molar-refractivity contribution in [2.45, 2.75) is 9.79 Å². The van der Waals surface area contributed by atoms with Gasteiger partial charge < -0.3 is 15.9 Å². The number of sulfone groups is 1. The highest BCUT2D eigenvalue weighted by Crippen LogP contribution is 2.38. The zero-order chi connectivity index (χ0) is 22.4. The molecule has 1 aromatic heterocycles. The first-order chi connectivity index (χ1) is 14.6. The third-order valence-corrected chi connectivity index (χ3v) is 7.43. The molecule has 1 aliphatic rings. The Hall–Kier alpha value is -3.20. The number of rotatable bonds is 6. The van der Waals surface area contributed by atoms with Crippen molar-refractivity contribution < 1.29 is 21.3 Å². The van der Waals surface area contributed by atoms with Crippen molar-refractivity contribution in [1.82, 2.24) is 4.98 Å². The summed E-state index contributed by atoms with van der Waals surface area (Å²) in [4.78, 5) is 7.12. The highest BCUT2D eigenvalue weighted by atomic mass is 32.2. The molecule has 0 radical (unpaired) electrons. The van der Waals surface area contributed by atoms with Crippen LogP contribution in [0.3, 0.4) is 0 Å². The van der Waals surface area contributed by atoms with Crippen LogP contribution in [0.15, 0.2) is 59.8 Å². The molecule has 0 aliphatic carbocycles. The molecule has 162 valence electrons. The molecular weight excluding hydrogens is 446 g/mol. The summed E-state index contributed by atoms with van der Waals surface area (Å²) in [6.07, 6.45) is 0. The summed E-state index contributed by atoms with van der Waals surface area (Å²) < 4.78 is 56.2. The number of hydrogen-bond donors (Lipinski definition) is 3. The molecule has 0 bridgehead atoms. The number of aliphatic imine (C=N–C) groups is 1. The maximum absolute atomic E-state index is 12.8. The highest BCUT2D eigenvalue weighted by molar-refractivity contribution is 7.93.